The van der Waals surface area contributed by atoms with E-state index in [4.69, 9.17) is 11.6 Å². The number of hydrogen-bond donors (Lipinski definition) is 1. The van der Waals surface area contributed by atoms with E-state index in [2.05, 4.69) is 4.98 Å². The van der Waals surface area contributed by atoms with Crippen LogP contribution in [0.15, 0.2) is 24.4 Å². The first-order valence-electron chi connectivity index (χ1n) is 4.00. The minimum absolute atomic E-state index is 0.362. The Bertz CT molecular complexity index is 436. The number of rotatable bonds is 1. The average Bonchev–Trinajstić information content (AvgIpc) is 2.39. The van der Waals surface area contributed by atoms with Gasteiger partial charge in [-0.1, -0.05) is 17.7 Å². The van der Waals surface area contributed by atoms with E-state index in [-0.39, 0.29) is 0 Å². The van der Waals surface area contributed by atoms with Crippen molar-refractivity contribution >= 4 is 17.2 Å². The van der Waals surface area contributed by atoms with Gasteiger partial charge >= 0.3 is 0 Å². The molecule has 0 unspecified atom stereocenters. The lowest BCUT2D eigenvalue weighted by atomic mass is 10.3. The Morgan fingerprint density at radius 3 is 3.00 bits per heavy atom. The quantitative estimate of drug-likeness (QED) is 0.758. The molecule has 0 aromatic carbocycles. The van der Waals surface area contributed by atoms with Gasteiger partial charge in [0.15, 0.2) is 5.15 Å². The normalized spacial score (nSPS) is 13.5. The van der Waals surface area contributed by atoms with Crippen molar-refractivity contribution in [2.24, 2.45) is 0 Å². The zero-order valence-corrected chi connectivity index (χ0v) is 7.86. The van der Waals surface area contributed by atoms with Crippen molar-refractivity contribution in [3.8, 4) is 0 Å². The third-order valence-corrected chi connectivity index (χ3v) is 2.20. The maximum Gasteiger partial charge on any atom is 0.153 e. The monoisotopic (exact) mass is 196 g/mol. The van der Waals surface area contributed by atoms with E-state index in [1.807, 2.05) is 24.4 Å². The fourth-order valence-corrected chi connectivity index (χ4v) is 1.70. The molecule has 2 heterocycles. The van der Waals surface area contributed by atoms with Gasteiger partial charge in [-0.25, -0.2) is 4.98 Å². The van der Waals surface area contributed by atoms with Crippen LogP contribution in [0.3, 0.4) is 0 Å². The Balaban J connectivity index is 2.78. The highest BCUT2D eigenvalue weighted by atomic mass is 35.5. The Morgan fingerprint density at radius 2 is 2.31 bits per heavy atom. The molecule has 0 aliphatic heterocycles. The van der Waals surface area contributed by atoms with Crippen molar-refractivity contribution in [2.75, 3.05) is 0 Å². The SMILES string of the molecule is C[C@H](O)c1c(Cl)nc2ccccn12. The molecule has 0 saturated heterocycles. The summed E-state index contributed by atoms with van der Waals surface area (Å²) in [5, 5.41) is 9.81. The van der Waals surface area contributed by atoms with Crippen molar-refractivity contribution in [3.63, 3.8) is 0 Å². The van der Waals surface area contributed by atoms with Crippen molar-refractivity contribution in [2.45, 2.75) is 13.0 Å². The summed E-state index contributed by atoms with van der Waals surface area (Å²) in [7, 11) is 0. The minimum atomic E-state index is -0.607. The molecule has 0 fully saturated rings. The van der Waals surface area contributed by atoms with E-state index in [0.717, 1.165) is 5.65 Å². The molecule has 3 nitrogen and oxygen atoms in total. The van der Waals surface area contributed by atoms with E-state index in [0.29, 0.717) is 10.8 Å². The lowest BCUT2D eigenvalue weighted by molar-refractivity contribution is 0.193. The van der Waals surface area contributed by atoms with Gasteiger partial charge in [-0.05, 0) is 19.1 Å². The van der Waals surface area contributed by atoms with Gasteiger partial charge in [0, 0.05) is 6.20 Å². The maximum absolute atomic E-state index is 9.45. The Kier molecular flexibility index (Phi) is 1.98. The molecular weight excluding hydrogens is 188 g/mol. The molecule has 0 amide bonds. The zero-order chi connectivity index (χ0) is 9.42. The highest BCUT2D eigenvalue weighted by Crippen LogP contribution is 2.23. The van der Waals surface area contributed by atoms with Crippen LogP contribution in [-0.2, 0) is 0 Å². The predicted octanol–water partition coefficient (Wildman–Crippen LogP) is 2.04. The van der Waals surface area contributed by atoms with Crippen molar-refractivity contribution < 1.29 is 5.11 Å². The molecule has 0 aliphatic rings. The molecule has 1 N–H and O–H groups in total. The van der Waals surface area contributed by atoms with E-state index < -0.39 is 6.10 Å². The summed E-state index contributed by atoms with van der Waals surface area (Å²) in [5.74, 6) is 0. The first-order chi connectivity index (χ1) is 6.20. The van der Waals surface area contributed by atoms with E-state index in [1.165, 1.54) is 0 Å². The van der Waals surface area contributed by atoms with Gasteiger partial charge in [0.1, 0.15) is 5.65 Å². The second-order valence-electron chi connectivity index (χ2n) is 2.89. The fourth-order valence-electron chi connectivity index (χ4n) is 1.36. The van der Waals surface area contributed by atoms with Gasteiger partial charge in [-0.3, -0.25) is 4.40 Å². The number of fused-ring (bicyclic) bond motifs is 1. The van der Waals surface area contributed by atoms with Crippen molar-refractivity contribution in [1.29, 1.82) is 0 Å². The Labute approximate surface area is 80.6 Å². The van der Waals surface area contributed by atoms with Crippen LogP contribution in [0, 0.1) is 0 Å². The smallest absolute Gasteiger partial charge is 0.153 e. The number of aromatic nitrogens is 2. The van der Waals surface area contributed by atoms with Gasteiger partial charge < -0.3 is 5.11 Å². The van der Waals surface area contributed by atoms with Crippen LogP contribution in [-0.4, -0.2) is 14.5 Å². The van der Waals surface area contributed by atoms with Gasteiger partial charge in [0.2, 0.25) is 0 Å². The number of nitrogens with zero attached hydrogens (tertiary/aromatic N) is 2. The van der Waals surface area contributed by atoms with Gasteiger partial charge in [0.25, 0.3) is 0 Å². The molecule has 1 atom stereocenters. The third kappa shape index (κ3) is 1.30. The maximum atomic E-state index is 9.45. The lowest BCUT2D eigenvalue weighted by Crippen LogP contribution is -1.97. The largest absolute Gasteiger partial charge is 0.387 e. The summed E-state index contributed by atoms with van der Waals surface area (Å²) in [5.41, 5.74) is 1.39. The van der Waals surface area contributed by atoms with Gasteiger partial charge in [0.05, 0.1) is 11.8 Å². The van der Waals surface area contributed by atoms with Crippen LogP contribution < -0.4 is 0 Å². The van der Waals surface area contributed by atoms with E-state index >= 15 is 0 Å². The summed E-state index contributed by atoms with van der Waals surface area (Å²) in [6.45, 7) is 1.67. The van der Waals surface area contributed by atoms with Crippen LogP contribution >= 0.6 is 11.6 Å². The first-order valence-corrected chi connectivity index (χ1v) is 4.38. The highest BCUT2D eigenvalue weighted by Gasteiger charge is 2.13. The number of halogens is 1. The fraction of sp³-hybridized carbons (Fsp3) is 0.222. The molecule has 0 radical (unpaired) electrons. The van der Waals surface area contributed by atoms with Gasteiger partial charge in [-0.2, -0.15) is 0 Å². The van der Waals surface area contributed by atoms with Crippen molar-refractivity contribution in [3.05, 3.63) is 35.2 Å². The molecule has 2 aromatic heterocycles. The second-order valence-corrected chi connectivity index (χ2v) is 3.25. The summed E-state index contributed by atoms with van der Waals surface area (Å²) >= 11 is 5.87. The lowest BCUT2D eigenvalue weighted by Gasteiger charge is -2.03. The Hall–Kier alpha value is -1.06. The van der Waals surface area contributed by atoms with Crippen LogP contribution in [0.25, 0.3) is 5.65 Å². The summed E-state index contributed by atoms with van der Waals surface area (Å²) in [6.07, 6.45) is 1.22. The van der Waals surface area contributed by atoms with Crippen LogP contribution in [0.5, 0.6) is 0 Å². The standard InChI is InChI=1S/C9H9ClN2O/c1-6(13)8-9(10)11-7-4-2-3-5-12(7)8/h2-6,13H,1H3/t6-/m0/s1. The van der Waals surface area contributed by atoms with Crippen LogP contribution in [0.4, 0.5) is 0 Å². The second kappa shape index (κ2) is 3.01. The van der Waals surface area contributed by atoms with Crippen LogP contribution in [0.1, 0.15) is 18.7 Å². The molecule has 0 spiro atoms. The molecule has 0 saturated carbocycles. The third-order valence-electron chi connectivity index (χ3n) is 1.92. The number of aliphatic hydroxyl groups excluding tert-OH is 1. The number of hydrogen-bond acceptors (Lipinski definition) is 2. The molecule has 0 aliphatic carbocycles. The topological polar surface area (TPSA) is 37.5 Å². The molecule has 2 rings (SSSR count). The minimum Gasteiger partial charge on any atom is -0.387 e. The number of pyridine rings is 1. The van der Waals surface area contributed by atoms with Gasteiger partial charge in [-0.15, -0.1) is 0 Å². The number of aliphatic hydroxyl groups is 1. The molecule has 68 valence electrons. The predicted molar refractivity (Wildman–Crippen MR) is 50.8 cm³/mol. The molecule has 2 aromatic rings. The summed E-state index contributed by atoms with van der Waals surface area (Å²) in [6, 6.07) is 5.60. The molecule has 13 heavy (non-hydrogen) atoms. The van der Waals surface area contributed by atoms with E-state index in [1.54, 1.807) is 11.3 Å². The number of imidazole rings is 1. The summed E-state index contributed by atoms with van der Waals surface area (Å²) < 4.78 is 1.78. The van der Waals surface area contributed by atoms with Crippen LogP contribution in [0.2, 0.25) is 5.15 Å². The zero-order valence-electron chi connectivity index (χ0n) is 7.11. The Morgan fingerprint density at radius 1 is 1.54 bits per heavy atom. The summed E-state index contributed by atoms with van der Waals surface area (Å²) in [4.78, 5) is 4.10. The molecule has 4 heteroatoms. The average molecular weight is 197 g/mol. The molecule has 0 bridgehead atoms. The van der Waals surface area contributed by atoms with Crippen molar-refractivity contribution in [1.82, 2.24) is 9.38 Å². The highest BCUT2D eigenvalue weighted by molar-refractivity contribution is 6.30. The molecular formula is C9H9ClN2O. The first kappa shape index (κ1) is 8.53. The van der Waals surface area contributed by atoms with E-state index in [9.17, 15) is 5.11 Å².